The average Bonchev–Trinajstić information content (AvgIpc) is 2.53. The Morgan fingerprint density at radius 1 is 0.957 bits per heavy atom. The fourth-order valence-electron chi connectivity index (χ4n) is 2.02. The first kappa shape index (κ1) is 17.6. The van der Waals surface area contributed by atoms with E-state index in [1.165, 1.54) is 5.56 Å². The molecule has 0 aliphatic rings. The predicted octanol–water partition coefficient (Wildman–Crippen LogP) is 5.49. The number of hydrogen-bond donors (Lipinski definition) is 0. The summed E-state index contributed by atoms with van der Waals surface area (Å²) in [5.74, 6) is 1.84. The predicted molar refractivity (Wildman–Crippen MR) is 99.0 cm³/mol. The molecule has 23 heavy (non-hydrogen) atoms. The van der Waals surface area contributed by atoms with Crippen LogP contribution in [0.1, 0.15) is 25.0 Å². The molecule has 1 radical (unpaired) electrons. The van der Waals surface area contributed by atoms with E-state index in [-0.39, 0.29) is 13.8 Å². The summed E-state index contributed by atoms with van der Waals surface area (Å²) in [7, 11) is -0.390. The molecule has 0 saturated heterocycles. The second kappa shape index (κ2) is 7.69. The zero-order chi connectivity index (χ0) is 16.9. The third kappa shape index (κ3) is 5.14. The third-order valence-electron chi connectivity index (χ3n) is 4.34. The summed E-state index contributed by atoms with van der Waals surface area (Å²) >= 11 is 0. The van der Waals surface area contributed by atoms with Gasteiger partial charge in [0.25, 0.3) is 0 Å². The molecule has 0 aliphatic heterocycles. The topological polar surface area (TPSA) is 18.5 Å². The fraction of sp³-hybridized carbons (Fsp3) is 0.400. The van der Waals surface area contributed by atoms with Crippen LogP contribution in [0.3, 0.4) is 0 Å². The first-order chi connectivity index (χ1) is 10.9. The Kier molecular flexibility index (Phi) is 5.89. The van der Waals surface area contributed by atoms with Crippen molar-refractivity contribution in [2.24, 2.45) is 0 Å². The van der Waals surface area contributed by atoms with Gasteiger partial charge < -0.3 is 9.47 Å². The lowest BCUT2D eigenvalue weighted by atomic mass is 10.2. The zero-order valence-corrected chi connectivity index (χ0v) is 15.8. The van der Waals surface area contributed by atoms with E-state index in [0.29, 0.717) is 6.61 Å². The van der Waals surface area contributed by atoms with E-state index in [1.807, 2.05) is 30.3 Å². The van der Waals surface area contributed by atoms with Crippen LogP contribution in [-0.2, 0) is 6.61 Å². The van der Waals surface area contributed by atoms with Crippen LogP contribution in [0.2, 0.25) is 18.1 Å². The number of ether oxygens (including phenoxy) is 2. The van der Waals surface area contributed by atoms with Crippen LogP contribution < -0.4 is 9.47 Å². The van der Waals surface area contributed by atoms with Gasteiger partial charge in [0.2, 0.25) is 0 Å². The van der Waals surface area contributed by atoms with Crippen LogP contribution in [0.4, 0.5) is 0 Å². The minimum Gasteiger partial charge on any atom is -0.493 e. The minimum atomic E-state index is -0.390. The Morgan fingerprint density at radius 2 is 1.65 bits per heavy atom. The molecule has 0 spiro atoms. The van der Waals surface area contributed by atoms with Crippen molar-refractivity contribution in [1.82, 2.24) is 0 Å². The highest BCUT2D eigenvalue weighted by molar-refractivity contribution is 6.59. The van der Waals surface area contributed by atoms with Crippen molar-refractivity contribution in [3.63, 3.8) is 0 Å². The molecule has 0 N–H and O–H groups in total. The van der Waals surface area contributed by atoms with Gasteiger partial charge in [-0.3, -0.25) is 0 Å². The molecule has 0 bridgehead atoms. The van der Waals surface area contributed by atoms with Gasteiger partial charge >= 0.3 is 0 Å². The molecule has 0 aromatic heterocycles. The van der Waals surface area contributed by atoms with Crippen molar-refractivity contribution in [2.45, 2.75) is 45.5 Å². The van der Waals surface area contributed by atoms with Crippen LogP contribution in [-0.4, -0.2) is 15.4 Å². The molecule has 0 heterocycles. The van der Waals surface area contributed by atoms with Crippen molar-refractivity contribution in [3.8, 4) is 11.5 Å². The summed E-state index contributed by atoms with van der Waals surface area (Å²) < 4.78 is 11.9. The van der Waals surface area contributed by atoms with Crippen molar-refractivity contribution in [2.75, 3.05) is 6.61 Å². The van der Waals surface area contributed by atoms with Gasteiger partial charge in [-0.1, -0.05) is 57.3 Å². The monoisotopic (exact) mass is 327 g/mol. The van der Waals surface area contributed by atoms with Gasteiger partial charge in [0.05, 0.1) is 15.4 Å². The average molecular weight is 328 g/mol. The van der Waals surface area contributed by atoms with Gasteiger partial charge in [-0.25, -0.2) is 0 Å². The lowest BCUT2D eigenvalue weighted by Gasteiger charge is -2.28. The molecule has 2 rings (SSSR count). The molecule has 0 fully saturated rings. The molecule has 0 atom stereocenters. The summed E-state index contributed by atoms with van der Waals surface area (Å²) in [5, 5.41) is 0.263. The summed E-state index contributed by atoms with van der Waals surface area (Å²) in [6.45, 7) is 12.7. The van der Waals surface area contributed by atoms with E-state index in [0.717, 1.165) is 23.7 Å². The smallest absolute Gasteiger partial charge is 0.122 e. The van der Waals surface area contributed by atoms with Crippen LogP contribution in [0.15, 0.2) is 48.5 Å². The number of rotatable bonds is 7. The van der Waals surface area contributed by atoms with Crippen molar-refractivity contribution >= 4 is 8.80 Å². The highest BCUT2D eigenvalue weighted by Gasteiger charge is 2.24. The fourth-order valence-corrected chi connectivity index (χ4v) is 2.38. The maximum absolute atomic E-state index is 6.05. The molecule has 0 saturated carbocycles. The van der Waals surface area contributed by atoms with E-state index < -0.39 is 0 Å². The molecule has 2 aromatic rings. The lowest BCUT2D eigenvalue weighted by Crippen LogP contribution is -2.27. The number of aryl methyl sites for hydroxylation is 1. The second-order valence-corrected chi connectivity index (χ2v) is 10.2. The summed E-state index contributed by atoms with van der Waals surface area (Å²) in [6, 6.07) is 16.3. The Balaban J connectivity index is 1.95. The molecule has 0 amide bonds. The quantitative estimate of drug-likeness (QED) is 0.626. The SMILES string of the molecule is Cc1cc(OCc2ccccc2)ccc1OCC(C)(C)[Si](C)C. The molecule has 2 nitrogen and oxygen atoms in total. The van der Waals surface area contributed by atoms with Crippen molar-refractivity contribution in [3.05, 3.63) is 59.7 Å². The van der Waals surface area contributed by atoms with Gasteiger partial charge in [0.1, 0.15) is 18.1 Å². The van der Waals surface area contributed by atoms with E-state index in [4.69, 9.17) is 9.47 Å². The highest BCUT2D eigenvalue weighted by atomic mass is 28.3. The zero-order valence-electron chi connectivity index (χ0n) is 14.8. The van der Waals surface area contributed by atoms with Crippen molar-refractivity contribution < 1.29 is 9.47 Å². The summed E-state index contributed by atoms with van der Waals surface area (Å²) in [4.78, 5) is 0. The largest absolute Gasteiger partial charge is 0.493 e. The van der Waals surface area contributed by atoms with E-state index >= 15 is 0 Å². The summed E-state index contributed by atoms with van der Waals surface area (Å²) in [5.41, 5.74) is 2.29. The standard InChI is InChI=1S/C20H27O2Si/c1-16-13-18(21-14-17-9-7-6-8-10-17)11-12-19(16)22-15-20(2,3)23(4)5/h6-13H,14-15H2,1-5H3. The minimum absolute atomic E-state index is 0.263. The van der Waals surface area contributed by atoms with Gasteiger partial charge in [-0.05, 0) is 41.3 Å². The highest BCUT2D eigenvalue weighted by Crippen LogP contribution is 2.31. The number of benzene rings is 2. The van der Waals surface area contributed by atoms with E-state index in [1.54, 1.807) is 0 Å². The lowest BCUT2D eigenvalue weighted by molar-refractivity contribution is 0.272. The third-order valence-corrected chi connectivity index (χ3v) is 7.19. The van der Waals surface area contributed by atoms with Crippen LogP contribution >= 0.6 is 0 Å². The maximum atomic E-state index is 6.05. The van der Waals surface area contributed by atoms with Gasteiger partial charge in [-0.2, -0.15) is 0 Å². The van der Waals surface area contributed by atoms with E-state index in [9.17, 15) is 0 Å². The van der Waals surface area contributed by atoms with Crippen molar-refractivity contribution in [1.29, 1.82) is 0 Å². The van der Waals surface area contributed by atoms with Gasteiger partial charge in [0, 0.05) is 0 Å². The Bertz CT molecular complexity index is 621. The molecule has 2 aromatic carbocycles. The summed E-state index contributed by atoms with van der Waals surface area (Å²) in [6.07, 6.45) is 0. The molecule has 0 aliphatic carbocycles. The number of hydrogen-bond acceptors (Lipinski definition) is 2. The molecular formula is C20H27O2Si. The van der Waals surface area contributed by atoms with Crippen LogP contribution in [0.5, 0.6) is 11.5 Å². The molecule has 3 heteroatoms. The Morgan fingerprint density at radius 3 is 2.26 bits per heavy atom. The molecular weight excluding hydrogens is 300 g/mol. The molecule has 0 unspecified atom stereocenters. The maximum Gasteiger partial charge on any atom is 0.122 e. The first-order valence-corrected chi connectivity index (χ1v) is 10.6. The van der Waals surface area contributed by atoms with E-state index in [2.05, 4.69) is 52.1 Å². The Hall–Kier alpha value is -1.74. The van der Waals surface area contributed by atoms with Crippen LogP contribution in [0.25, 0.3) is 0 Å². The second-order valence-electron chi connectivity index (χ2n) is 6.87. The van der Waals surface area contributed by atoms with Gasteiger partial charge in [0.15, 0.2) is 0 Å². The first-order valence-electron chi connectivity index (χ1n) is 8.09. The Labute approximate surface area is 142 Å². The molecule has 123 valence electrons. The normalized spacial score (nSPS) is 11.6. The van der Waals surface area contributed by atoms with Crippen LogP contribution in [0, 0.1) is 6.92 Å². The van der Waals surface area contributed by atoms with Gasteiger partial charge in [-0.15, -0.1) is 0 Å².